The van der Waals surface area contributed by atoms with Gasteiger partial charge in [0.2, 0.25) is 5.95 Å². The molecule has 2 aromatic heterocycles. The molecule has 3 aromatic carbocycles. The Morgan fingerprint density at radius 2 is 1.67 bits per heavy atom. The molecule has 5 aromatic rings. The number of rotatable bonds is 10. The zero-order valence-electron chi connectivity index (χ0n) is 31.9. The van der Waals surface area contributed by atoms with Crippen LogP contribution < -0.4 is 25.6 Å². The Kier molecular flexibility index (Phi) is 10.7. The van der Waals surface area contributed by atoms with Gasteiger partial charge in [0.1, 0.15) is 18.7 Å². The van der Waals surface area contributed by atoms with Crippen molar-refractivity contribution in [2.24, 2.45) is 7.05 Å². The summed E-state index contributed by atoms with van der Waals surface area (Å²) < 4.78 is 61.6. The predicted octanol–water partition coefficient (Wildman–Crippen LogP) is 7.74. The van der Waals surface area contributed by atoms with Crippen LogP contribution in [0.25, 0.3) is 21.9 Å². The maximum Gasteiger partial charge on any atom is 0.471 e. The summed E-state index contributed by atoms with van der Waals surface area (Å²) in [6, 6.07) is 16.2. The van der Waals surface area contributed by atoms with E-state index in [2.05, 4.69) is 58.6 Å². The molecule has 3 aliphatic rings. The number of anilines is 5. The second-order valence-electron chi connectivity index (χ2n) is 15.3. The van der Waals surface area contributed by atoms with Crippen LogP contribution in [-0.2, 0) is 16.4 Å². The van der Waals surface area contributed by atoms with E-state index in [1.807, 2.05) is 55.8 Å². The molecule has 0 spiro atoms. The molecule has 17 heteroatoms. The number of nitrogens with one attached hydrogen (secondary N) is 2. The van der Waals surface area contributed by atoms with Crippen LogP contribution in [0.1, 0.15) is 25.7 Å². The number of amides is 1. The number of fused-ring (bicyclic) bond motifs is 1. The van der Waals surface area contributed by atoms with E-state index in [4.69, 9.17) is 9.72 Å². The summed E-state index contributed by atoms with van der Waals surface area (Å²) in [5.41, 5.74) is 4.26. The second-order valence-corrected chi connectivity index (χ2v) is 19.3. The Hall–Kier alpha value is -4.66. The maximum absolute atomic E-state index is 13.6. The first-order valence-corrected chi connectivity index (χ1v) is 22.4. The summed E-state index contributed by atoms with van der Waals surface area (Å²) in [7, 11) is -0.843. The molecule has 57 heavy (non-hydrogen) atoms. The van der Waals surface area contributed by atoms with Crippen LogP contribution in [0.3, 0.4) is 0 Å². The van der Waals surface area contributed by atoms with Crippen molar-refractivity contribution < 1.29 is 27.3 Å². The van der Waals surface area contributed by atoms with Crippen molar-refractivity contribution in [2.45, 2.75) is 44.0 Å². The quantitative estimate of drug-likeness (QED) is 0.135. The number of piperazine rings is 1. The highest BCUT2D eigenvalue weighted by Crippen LogP contribution is 2.45. The summed E-state index contributed by atoms with van der Waals surface area (Å²) >= 11 is 3.61. The fraction of sp³-hybridized carbons (Fsp3) is 0.400. The summed E-state index contributed by atoms with van der Waals surface area (Å²) in [4.78, 5) is 26.7. The lowest BCUT2D eigenvalue weighted by atomic mass is 9.98. The molecule has 3 fully saturated rings. The van der Waals surface area contributed by atoms with Crippen LogP contribution in [0.5, 0.6) is 5.75 Å². The Balaban J connectivity index is 1.06. The highest BCUT2D eigenvalue weighted by molar-refractivity contribution is 9.10. The highest BCUT2D eigenvalue weighted by Gasteiger charge is 2.43. The molecule has 2 aliphatic heterocycles. The van der Waals surface area contributed by atoms with E-state index in [9.17, 15) is 22.5 Å². The molecule has 0 radical (unpaired) electrons. The van der Waals surface area contributed by atoms with Gasteiger partial charge in [-0.1, -0.05) is 30.3 Å². The monoisotopic (exact) mass is 865 g/mol. The molecule has 300 valence electrons. The number of nitrogens with zero attached hydrogens (tertiary/aromatic N) is 7. The van der Waals surface area contributed by atoms with Gasteiger partial charge in [-0.25, -0.2) is 4.98 Å². The molecule has 0 atom stereocenters. The Bertz CT molecular complexity index is 2350. The lowest BCUT2D eigenvalue weighted by molar-refractivity contribution is -0.187. The summed E-state index contributed by atoms with van der Waals surface area (Å²) in [6.07, 6.45) is 4.30. The summed E-state index contributed by atoms with van der Waals surface area (Å²) in [6.45, 7) is 6.00. The van der Waals surface area contributed by atoms with Gasteiger partial charge < -0.3 is 29.7 Å². The minimum Gasteiger partial charge on any atom is -0.488 e. The van der Waals surface area contributed by atoms with Crippen LogP contribution in [-0.4, -0.2) is 106 Å². The number of carbonyl (C=O) groups is 1. The number of hydrogen-bond donors (Lipinski definition) is 2. The Morgan fingerprint density at radius 3 is 2.33 bits per heavy atom. The molecule has 1 amide bonds. The lowest BCUT2D eigenvalue weighted by Gasteiger charge is -2.43. The van der Waals surface area contributed by atoms with E-state index < -0.39 is 19.2 Å². The largest absolute Gasteiger partial charge is 0.488 e. The average Bonchev–Trinajstić information content (AvgIpc) is 3.90. The highest BCUT2D eigenvalue weighted by atomic mass is 79.9. The molecule has 8 rings (SSSR count). The molecule has 1 aliphatic carbocycles. The van der Waals surface area contributed by atoms with Gasteiger partial charge in [0.05, 0.1) is 28.1 Å². The first-order valence-electron chi connectivity index (χ1n) is 19.0. The molecule has 4 heterocycles. The third-order valence-electron chi connectivity index (χ3n) is 10.8. The van der Waals surface area contributed by atoms with Gasteiger partial charge in [0.15, 0.2) is 0 Å². The SMILES string of the molecule is Cn1cc(-c2cc(Nc3ncc(Br)c(Nc4ccc5ccccc5c4P(C)(C)=O)n3)c(OC3CC3)cc2N2CCC(N3CCN(C(=O)C(F)(F)F)CC3)CC2)cn1. The maximum atomic E-state index is 13.6. The number of halogens is 4. The van der Waals surface area contributed by atoms with Crippen molar-refractivity contribution in [1.82, 2.24) is 29.5 Å². The van der Waals surface area contributed by atoms with Gasteiger partial charge in [-0.2, -0.15) is 23.3 Å². The average molecular weight is 867 g/mol. The molecule has 2 N–H and O–H groups in total. The van der Waals surface area contributed by atoms with Crippen molar-refractivity contribution in [1.29, 1.82) is 0 Å². The Labute approximate surface area is 337 Å². The molecule has 2 saturated heterocycles. The van der Waals surface area contributed by atoms with E-state index in [0.717, 1.165) is 76.6 Å². The minimum absolute atomic E-state index is 0.0731. The van der Waals surface area contributed by atoms with Gasteiger partial charge >= 0.3 is 12.1 Å². The van der Waals surface area contributed by atoms with Crippen LogP contribution in [0.2, 0.25) is 0 Å². The Morgan fingerprint density at radius 1 is 0.930 bits per heavy atom. The van der Waals surface area contributed by atoms with E-state index in [0.29, 0.717) is 46.5 Å². The number of ether oxygens (including phenoxy) is 1. The van der Waals surface area contributed by atoms with Crippen LogP contribution in [0.4, 0.5) is 42.0 Å². The van der Waals surface area contributed by atoms with Crippen molar-refractivity contribution >= 4 is 73.9 Å². The predicted molar refractivity (Wildman–Crippen MR) is 221 cm³/mol. The van der Waals surface area contributed by atoms with E-state index >= 15 is 0 Å². The molecule has 0 unspecified atom stereocenters. The second kappa shape index (κ2) is 15.6. The topological polar surface area (TPSA) is 121 Å². The normalized spacial score (nSPS) is 17.2. The molecule has 12 nitrogen and oxygen atoms in total. The van der Waals surface area contributed by atoms with E-state index in [1.54, 1.807) is 24.2 Å². The number of hydrogen-bond acceptors (Lipinski definition) is 10. The van der Waals surface area contributed by atoms with Gasteiger partial charge in [-0.15, -0.1) is 0 Å². The number of carbonyl (C=O) groups excluding carboxylic acids is 1. The van der Waals surface area contributed by atoms with Gasteiger partial charge in [-0.3, -0.25) is 14.4 Å². The summed E-state index contributed by atoms with van der Waals surface area (Å²) in [5, 5.41) is 14.0. The van der Waals surface area contributed by atoms with Crippen LogP contribution >= 0.6 is 23.1 Å². The fourth-order valence-corrected chi connectivity index (χ4v) is 9.61. The minimum atomic E-state index is -4.85. The van der Waals surface area contributed by atoms with E-state index in [1.165, 1.54) is 0 Å². The number of aromatic nitrogens is 4. The molecular formula is C40H44BrF3N9O3P. The smallest absolute Gasteiger partial charge is 0.471 e. The molecule has 0 bridgehead atoms. The van der Waals surface area contributed by atoms with E-state index in [-0.39, 0.29) is 25.2 Å². The summed E-state index contributed by atoms with van der Waals surface area (Å²) in [5.74, 6) is -0.250. The zero-order valence-corrected chi connectivity index (χ0v) is 34.4. The number of piperidine rings is 1. The van der Waals surface area contributed by atoms with Crippen molar-refractivity contribution in [3.8, 4) is 16.9 Å². The van der Waals surface area contributed by atoms with Crippen molar-refractivity contribution in [2.75, 3.05) is 68.1 Å². The van der Waals surface area contributed by atoms with Crippen molar-refractivity contribution in [3.05, 3.63) is 71.6 Å². The van der Waals surface area contributed by atoms with Crippen LogP contribution in [0.15, 0.2) is 71.6 Å². The molecular weight excluding hydrogens is 822 g/mol. The first kappa shape index (κ1) is 39.2. The fourth-order valence-electron chi connectivity index (χ4n) is 7.82. The van der Waals surface area contributed by atoms with Crippen LogP contribution in [0, 0.1) is 0 Å². The third-order valence-corrected chi connectivity index (χ3v) is 12.9. The number of aryl methyl sites for hydroxylation is 1. The first-order chi connectivity index (χ1) is 27.2. The zero-order chi connectivity index (χ0) is 40.1. The number of alkyl halides is 3. The lowest BCUT2D eigenvalue weighted by Crippen LogP contribution is -2.56. The van der Waals surface area contributed by atoms with Gasteiger partial charge in [0, 0.05) is 92.9 Å². The van der Waals surface area contributed by atoms with Gasteiger partial charge in [0.25, 0.3) is 0 Å². The van der Waals surface area contributed by atoms with Crippen molar-refractivity contribution in [3.63, 3.8) is 0 Å². The number of benzene rings is 3. The standard InChI is InChI=1S/C40H44BrF3N9O3P/c1-50-24-26(22-46-50)30-20-33(48-39-45-23-31(41)37(49-39)47-32-11-8-25-6-4-5-7-29(25)36(32)57(2,3)55)35(56-28-9-10-28)21-34(30)52-14-12-27(13-15-52)51-16-18-53(19-17-51)38(54)40(42,43)44/h4-8,11,20-24,27-28H,9-10,12-19H2,1-3H3,(H2,45,47,48,49). The van der Waals surface area contributed by atoms with Gasteiger partial charge in [-0.05, 0) is 77.8 Å². The molecule has 1 saturated carbocycles. The third kappa shape index (κ3) is 8.63.